The topological polar surface area (TPSA) is 44.4 Å². The highest BCUT2D eigenvalue weighted by Crippen LogP contribution is 2.22. The third-order valence-corrected chi connectivity index (χ3v) is 3.79. The molecule has 0 aliphatic rings. The number of carbonyl (C=O) groups excluding carboxylic acids is 1. The van der Waals surface area contributed by atoms with Crippen molar-refractivity contribution < 1.29 is 9.18 Å². The molecular weight excluding hydrogens is 329 g/mol. The molecule has 3 aromatic carbocycles. The molecule has 132 valence electrons. The van der Waals surface area contributed by atoms with E-state index in [1.165, 1.54) is 12.1 Å². The van der Waals surface area contributed by atoms with Crippen LogP contribution in [0.2, 0.25) is 0 Å². The number of hydrogen-bond donors (Lipinski definition) is 2. The molecule has 0 bridgehead atoms. The van der Waals surface area contributed by atoms with Crippen LogP contribution in [-0.2, 0) is 11.3 Å². The van der Waals surface area contributed by atoms with Crippen molar-refractivity contribution in [3.63, 3.8) is 0 Å². The number of rotatable bonds is 7. The summed E-state index contributed by atoms with van der Waals surface area (Å²) < 4.78 is 12.9. The minimum absolute atomic E-state index is 0.146. The van der Waals surface area contributed by atoms with E-state index in [0.717, 1.165) is 16.9 Å². The number of carbonyl (C=O) groups is 1. The first kappa shape index (κ1) is 17.6. The Balaban J connectivity index is 1.61. The first-order valence-corrected chi connectivity index (χ1v) is 8.37. The fourth-order valence-electron chi connectivity index (χ4n) is 2.52. The Morgan fingerprint density at radius 1 is 0.808 bits per heavy atom. The Labute approximate surface area is 152 Å². The van der Waals surface area contributed by atoms with Crippen molar-refractivity contribution in [2.24, 2.45) is 0 Å². The van der Waals surface area contributed by atoms with Gasteiger partial charge >= 0.3 is 0 Å². The van der Waals surface area contributed by atoms with Crippen LogP contribution in [0.1, 0.15) is 5.56 Å². The number of hydrazine groups is 1. The highest BCUT2D eigenvalue weighted by molar-refractivity contribution is 5.82. The van der Waals surface area contributed by atoms with Crippen LogP contribution in [0.25, 0.3) is 0 Å². The molecule has 3 aromatic rings. The first-order valence-electron chi connectivity index (χ1n) is 8.37. The Morgan fingerprint density at radius 3 is 1.88 bits per heavy atom. The standard InChI is InChI=1S/C21H20FN3O/c22-18-13-11-17(12-14-18)15-23-16-21(26)24-25(19-7-3-1-4-8-19)20-9-5-2-6-10-20/h1-14,23H,15-16H2,(H,24,26). The molecule has 0 unspecified atom stereocenters. The Morgan fingerprint density at radius 2 is 1.35 bits per heavy atom. The van der Waals surface area contributed by atoms with Crippen molar-refractivity contribution in [1.82, 2.24) is 10.7 Å². The van der Waals surface area contributed by atoms with Crippen molar-refractivity contribution in [1.29, 1.82) is 0 Å². The molecule has 0 aliphatic heterocycles. The average Bonchev–Trinajstić information content (AvgIpc) is 2.69. The van der Waals surface area contributed by atoms with Crippen molar-refractivity contribution >= 4 is 17.3 Å². The van der Waals surface area contributed by atoms with Crippen LogP contribution in [0.15, 0.2) is 84.9 Å². The zero-order valence-electron chi connectivity index (χ0n) is 14.2. The van der Waals surface area contributed by atoms with E-state index >= 15 is 0 Å². The molecule has 3 rings (SSSR count). The summed E-state index contributed by atoms with van der Waals surface area (Å²) in [6.45, 7) is 0.637. The van der Waals surface area contributed by atoms with E-state index in [2.05, 4.69) is 10.7 Å². The second-order valence-electron chi connectivity index (χ2n) is 5.77. The highest BCUT2D eigenvalue weighted by Gasteiger charge is 2.12. The molecule has 5 heteroatoms. The van der Waals surface area contributed by atoms with Gasteiger partial charge in [0, 0.05) is 6.54 Å². The number of amides is 1. The fraction of sp³-hybridized carbons (Fsp3) is 0.0952. The minimum Gasteiger partial charge on any atom is -0.304 e. The van der Waals surface area contributed by atoms with Crippen LogP contribution < -0.4 is 15.8 Å². The van der Waals surface area contributed by atoms with Gasteiger partial charge < -0.3 is 5.32 Å². The van der Waals surface area contributed by atoms with E-state index in [9.17, 15) is 9.18 Å². The molecule has 0 aliphatic carbocycles. The molecule has 0 spiro atoms. The number of benzene rings is 3. The normalized spacial score (nSPS) is 10.3. The molecule has 26 heavy (non-hydrogen) atoms. The maximum Gasteiger partial charge on any atom is 0.252 e. The van der Waals surface area contributed by atoms with Gasteiger partial charge in [0.05, 0.1) is 17.9 Å². The Kier molecular flexibility index (Phi) is 5.96. The van der Waals surface area contributed by atoms with Gasteiger partial charge in [-0.1, -0.05) is 48.5 Å². The van der Waals surface area contributed by atoms with Crippen LogP contribution >= 0.6 is 0 Å². The van der Waals surface area contributed by atoms with Gasteiger partial charge in [-0.3, -0.25) is 15.2 Å². The van der Waals surface area contributed by atoms with Gasteiger partial charge in [0.1, 0.15) is 5.82 Å². The summed E-state index contributed by atoms with van der Waals surface area (Å²) in [4.78, 5) is 12.4. The third-order valence-electron chi connectivity index (χ3n) is 3.79. The second-order valence-corrected chi connectivity index (χ2v) is 5.77. The van der Waals surface area contributed by atoms with Crippen LogP contribution in [0.4, 0.5) is 15.8 Å². The quantitative estimate of drug-likeness (QED) is 0.638. The maximum absolute atomic E-state index is 12.9. The fourth-order valence-corrected chi connectivity index (χ4v) is 2.52. The number of nitrogens with zero attached hydrogens (tertiary/aromatic N) is 1. The molecule has 0 fully saturated rings. The van der Waals surface area contributed by atoms with Gasteiger partial charge in [-0.05, 0) is 42.0 Å². The number of halogens is 1. The molecule has 0 saturated carbocycles. The summed E-state index contributed by atoms with van der Waals surface area (Å²) in [5, 5.41) is 4.82. The van der Waals surface area contributed by atoms with Crippen LogP contribution in [0, 0.1) is 5.82 Å². The number of para-hydroxylation sites is 2. The first-order chi connectivity index (χ1) is 12.7. The highest BCUT2D eigenvalue weighted by atomic mass is 19.1. The van der Waals surface area contributed by atoms with Crippen molar-refractivity contribution in [2.75, 3.05) is 11.6 Å². The average molecular weight is 349 g/mol. The third kappa shape index (κ3) is 4.91. The lowest BCUT2D eigenvalue weighted by Gasteiger charge is -2.25. The van der Waals surface area contributed by atoms with Crippen molar-refractivity contribution in [3.05, 3.63) is 96.3 Å². The SMILES string of the molecule is O=C(CNCc1ccc(F)cc1)NN(c1ccccc1)c1ccccc1. The predicted octanol–water partition coefficient (Wildman–Crippen LogP) is 3.78. The van der Waals surface area contributed by atoms with E-state index in [-0.39, 0.29) is 18.3 Å². The van der Waals surface area contributed by atoms with Gasteiger partial charge in [-0.15, -0.1) is 0 Å². The summed E-state index contributed by atoms with van der Waals surface area (Å²) in [6, 6.07) is 25.5. The largest absolute Gasteiger partial charge is 0.304 e. The van der Waals surface area contributed by atoms with Crippen LogP contribution in [0.3, 0.4) is 0 Å². The summed E-state index contributed by atoms with van der Waals surface area (Å²) in [5.41, 5.74) is 5.57. The second kappa shape index (κ2) is 8.78. The monoisotopic (exact) mass is 349 g/mol. The summed E-state index contributed by atoms with van der Waals surface area (Å²) >= 11 is 0. The molecule has 2 N–H and O–H groups in total. The minimum atomic E-state index is -0.271. The molecule has 4 nitrogen and oxygen atoms in total. The maximum atomic E-state index is 12.9. The predicted molar refractivity (Wildman–Crippen MR) is 101 cm³/mol. The molecule has 0 saturated heterocycles. The molecule has 0 radical (unpaired) electrons. The van der Waals surface area contributed by atoms with Gasteiger partial charge in [-0.25, -0.2) is 4.39 Å². The van der Waals surface area contributed by atoms with Gasteiger partial charge in [0.15, 0.2) is 0 Å². The Hall–Kier alpha value is -3.18. The van der Waals surface area contributed by atoms with E-state index < -0.39 is 0 Å². The number of hydrogen-bond acceptors (Lipinski definition) is 3. The molecule has 0 heterocycles. The summed E-state index contributed by atoms with van der Waals surface area (Å²) in [7, 11) is 0. The molecular formula is C21H20FN3O. The van der Waals surface area contributed by atoms with Gasteiger partial charge in [-0.2, -0.15) is 0 Å². The van der Waals surface area contributed by atoms with E-state index in [1.54, 1.807) is 17.1 Å². The smallest absolute Gasteiger partial charge is 0.252 e. The van der Waals surface area contributed by atoms with Crippen molar-refractivity contribution in [3.8, 4) is 0 Å². The number of nitrogens with one attached hydrogen (secondary N) is 2. The van der Waals surface area contributed by atoms with Crippen molar-refractivity contribution in [2.45, 2.75) is 6.54 Å². The number of anilines is 2. The lowest BCUT2D eigenvalue weighted by Crippen LogP contribution is -2.43. The summed E-state index contributed by atoms with van der Waals surface area (Å²) in [5.74, 6) is -0.437. The zero-order chi connectivity index (χ0) is 18.2. The van der Waals surface area contributed by atoms with E-state index in [0.29, 0.717) is 6.54 Å². The van der Waals surface area contributed by atoms with Gasteiger partial charge in [0.25, 0.3) is 5.91 Å². The summed E-state index contributed by atoms with van der Waals surface area (Å²) in [6.07, 6.45) is 0. The molecule has 0 aromatic heterocycles. The van der Waals surface area contributed by atoms with Crippen LogP contribution in [-0.4, -0.2) is 12.5 Å². The zero-order valence-corrected chi connectivity index (χ0v) is 14.2. The van der Waals surface area contributed by atoms with E-state index in [1.807, 2.05) is 60.7 Å². The van der Waals surface area contributed by atoms with Gasteiger partial charge in [0.2, 0.25) is 0 Å². The lowest BCUT2D eigenvalue weighted by atomic mass is 10.2. The van der Waals surface area contributed by atoms with Crippen LogP contribution in [0.5, 0.6) is 0 Å². The Bertz CT molecular complexity index is 783. The van der Waals surface area contributed by atoms with E-state index in [4.69, 9.17) is 0 Å². The molecule has 0 atom stereocenters. The molecule has 1 amide bonds. The lowest BCUT2D eigenvalue weighted by molar-refractivity contribution is -0.120.